The first kappa shape index (κ1) is 13.8. The number of carbonyl (C=O) groups excluding carboxylic acids is 1. The molecule has 84 valence electrons. The Morgan fingerprint density at radius 3 is 2.79 bits per heavy atom. The normalized spacial score (nSPS) is 12.5. The van der Waals surface area contributed by atoms with Crippen molar-refractivity contribution in [2.45, 2.75) is 38.6 Å². The van der Waals surface area contributed by atoms with Crippen LogP contribution < -0.4 is 11.1 Å². The van der Waals surface area contributed by atoms with Gasteiger partial charge in [-0.25, -0.2) is 0 Å². The van der Waals surface area contributed by atoms with Gasteiger partial charge in [0, 0.05) is 6.54 Å². The third-order valence-corrected chi connectivity index (χ3v) is 2.73. The highest BCUT2D eigenvalue weighted by Crippen LogP contribution is 1.98. The van der Waals surface area contributed by atoms with Gasteiger partial charge in [0.1, 0.15) is 0 Å². The Hall–Kier alpha value is -0.220. The van der Waals surface area contributed by atoms with E-state index < -0.39 is 0 Å². The lowest BCUT2D eigenvalue weighted by atomic mass is 10.1. The topological polar surface area (TPSA) is 55.1 Å². The first-order valence-electron chi connectivity index (χ1n) is 5.24. The molecule has 0 radical (unpaired) electrons. The molecule has 14 heavy (non-hydrogen) atoms. The lowest BCUT2D eigenvalue weighted by Gasteiger charge is -2.11. The van der Waals surface area contributed by atoms with Crippen LogP contribution in [-0.4, -0.2) is 30.5 Å². The highest BCUT2D eigenvalue weighted by molar-refractivity contribution is 7.98. The smallest absolute Gasteiger partial charge is 0.236 e. The molecule has 0 aliphatic rings. The van der Waals surface area contributed by atoms with Gasteiger partial charge in [-0.3, -0.25) is 4.79 Å². The van der Waals surface area contributed by atoms with Gasteiger partial charge in [0.05, 0.1) is 6.04 Å². The fourth-order valence-electron chi connectivity index (χ4n) is 1.11. The second-order valence-corrected chi connectivity index (χ2v) is 4.37. The molecule has 0 rings (SSSR count). The van der Waals surface area contributed by atoms with Crippen molar-refractivity contribution in [3.8, 4) is 0 Å². The average molecular weight is 218 g/mol. The second kappa shape index (κ2) is 9.34. The summed E-state index contributed by atoms with van der Waals surface area (Å²) in [4.78, 5) is 11.4. The fraction of sp³-hybridized carbons (Fsp3) is 0.900. The van der Waals surface area contributed by atoms with Crippen LogP contribution in [0.1, 0.15) is 32.6 Å². The summed E-state index contributed by atoms with van der Waals surface area (Å²) < 4.78 is 0. The fourth-order valence-corrected chi connectivity index (χ4v) is 1.55. The van der Waals surface area contributed by atoms with Gasteiger partial charge in [0.15, 0.2) is 0 Å². The number of nitrogens with two attached hydrogens (primary N) is 1. The Kier molecular flexibility index (Phi) is 9.19. The minimum Gasteiger partial charge on any atom is -0.355 e. The van der Waals surface area contributed by atoms with Gasteiger partial charge in [0.25, 0.3) is 0 Å². The van der Waals surface area contributed by atoms with Crippen LogP contribution in [0.4, 0.5) is 0 Å². The maximum Gasteiger partial charge on any atom is 0.236 e. The van der Waals surface area contributed by atoms with Gasteiger partial charge in [-0.2, -0.15) is 11.8 Å². The predicted octanol–water partition coefficient (Wildman–Crippen LogP) is 1.37. The van der Waals surface area contributed by atoms with Crippen molar-refractivity contribution < 1.29 is 4.79 Å². The molecule has 4 heteroatoms. The summed E-state index contributed by atoms with van der Waals surface area (Å²) in [5.41, 5.74) is 5.70. The lowest BCUT2D eigenvalue weighted by Crippen LogP contribution is -2.40. The van der Waals surface area contributed by atoms with E-state index in [0.717, 1.165) is 38.0 Å². The molecule has 3 N–H and O–H groups in total. The van der Waals surface area contributed by atoms with Gasteiger partial charge in [-0.15, -0.1) is 0 Å². The Balaban J connectivity index is 3.42. The van der Waals surface area contributed by atoms with Crippen LogP contribution in [0, 0.1) is 0 Å². The summed E-state index contributed by atoms with van der Waals surface area (Å²) in [5, 5.41) is 2.85. The highest BCUT2D eigenvalue weighted by Gasteiger charge is 2.10. The first-order chi connectivity index (χ1) is 6.72. The summed E-state index contributed by atoms with van der Waals surface area (Å²) in [6, 6.07) is -0.316. The molecule has 0 aliphatic carbocycles. The maximum absolute atomic E-state index is 11.4. The van der Waals surface area contributed by atoms with Crippen molar-refractivity contribution >= 4 is 17.7 Å². The molecular weight excluding hydrogens is 196 g/mol. The number of unbranched alkanes of at least 4 members (excludes halogenated alkanes) is 1. The van der Waals surface area contributed by atoms with Gasteiger partial charge < -0.3 is 11.1 Å². The molecule has 0 saturated heterocycles. The Labute approximate surface area is 91.2 Å². The summed E-state index contributed by atoms with van der Waals surface area (Å²) in [6.45, 7) is 2.85. The molecule has 0 aromatic rings. The third-order valence-electron chi connectivity index (χ3n) is 2.03. The van der Waals surface area contributed by atoms with E-state index >= 15 is 0 Å². The average Bonchev–Trinajstić information content (AvgIpc) is 2.20. The van der Waals surface area contributed by atoms with Gasteiger partial charge in [-0.1, -0.05) is 19.8 Å². The monoisotopic (exact) mass is 218 g/mol. The molecule has 0 aliphatic heterocycles. The quantitative estimate of drug-likeness (QED) is 0.605. The van der Waals surface area contributed by atoms with E-state index in [1.54, 1.807) is 11.8 Å². The Morgan fingerprint density at radius 2 is 2.21 bits per heavy atom. The van der Waals surface area contributed by atoms with E-state index in [0.29, 0.717) is 0 Å². The summed E-state index contributed by atoms with van der Waals surface area (Å²) >= 11 is 1.79. The van der Waals surface area contributed by atoms with Crippen molar-refractivity contribution in [1.29, 1.82) is 0 Å². The second-order valence-electron chi connectivity index (χ2n) is 3.39. The van der Waals surface area contributed by atoms with E-state index in [-0.39, 0.29) is 11.9 Å². The maximum atomic E-state index is 11.4. The Bertz CT molecular complexity index is 153. The number of hydrogen-bond donors (Lipinski definition) is 2. The molecule has 0 fully saturated rings. The predicted molar refractivity (Wildman–Crippen MR) is 63.5 cm³/mol. The zero-order chi connectivity index (χ0) is 10.8. The molecule has 1 atom stereocenters. The summed E-state index contributed by atoms with van der Waals surface area (Å²) in [7, 11) is 0. The third kappa shape index (κ3) is 7.21. The minimum absolute atomic E-state index is 0.000414. The SMILES string of the molecule is CCCCC(N)C(=O)NCCCSC. The molecule has 1 unspecified atom stereocenters. The minimum atomic E-state index is -0.316. The van der Waals surface area contributed by atoms with Crippen LogP contribution in [0.25, 0.3) is 0 Å². The standard InChI is InChI=1S/C10H22N2OS/c1-3-4-6-9(11)10(13)12-7-5-8-14-2/h9H,3-8,11H2,1-2H3,(H,12,13). The van der Waals surface area contributed by atoms with Crippen molar-refractivity contribution in [3.63, 3.8) is 0 Å². The van der Waals surface area contributed by atoms with Crippen LogP contribution in [0.2, 0.25) is 0 Å². The zero-order valence-corrected chi connectivity index (χ0v) is 10.0. The number of carbonyl (C=O) groups is 1. The number of nitrogens with one attached hydrogen (secondary N) is 1. The van der Waals surface area contributed by atoms with Gasteiger partial charge in [0.2, 0.25) is 5.91 Å². The van der Waals surface area contributed by atoms with E-state index in [1.165, 1.54) is 0 Å². The molecule has 0 saturated carbocycles. The molecule has 0 spiro atoms. The molecule has 0 aromatic carbocycles. The molecule has 1 amide bonds. The van der Waals surface area contributed by atoms with Gasteiger partial charge >= 0.3 is 0 Å². The van der Waals surface area contributed by atoms with E-state index in [1.807, 2.05) is 0 Å². The molecule has 0 bridgehead atoms. The van der Waals surface area contributed by atoms with Crippen molar-refractivity contribution in [3.05, 3.63) is 0 Å². The van der Waals surface area contributed by atoms with E-state index in [9.17, 15) is 4.79 Å². The van der Waals surface area contributed by atoms with Crippen LogP contribution in [0.5, 0.6) is 0 Å². The zero-order valence-electron chi connectivity index (χ0n) is 9.21. The van der Waals surface area contributed by atoms with E-state index in [4.69, 9.17) is 5.73 Å². The van der Waals surface area contributed by atoms with E-state index in [2.05, 4.69) is 18.5 Å². The lowest BCUT2D eigenvalue weighted by molar-refractivity contribution is -0.122. The van der Waals surface area contributed by atoms with Crippen LogP contribution in [0.15, 0.2) is 0 Å². The van der Waals surface area contributed by atoms with Crippen LogP contribution in [-0.2, 0) is 4.79 Å². The number of rotatable bonds is 8. The summed E-state index contributed by atoms with van der Waals surface area (Å²) in [5.74, 6) is 1.09. The highest BCUT2D eigenvalue weighted by atomic mass is 32.2. The first-order valence-corrected chi connectivity index (χ1v) is 6.64. The van der Waals surface area contributed by atoms with Crippen molar-refractivity contribution in [2.24, 2.45) is 5.73 Å². The molecule has 0 aromatic heterocycles. The largest absolute Gasteiger partial charge is 0.355 e. The Morgan fingerprint density at radius 1 is 1.50 bits per heavy atom. The number of amides is 1. The van der Waals surface area contributed by atoms with Crippen LogP contribution in [0.3, 0.4) is 0 Å². The van der Waals surface area contributed by atoms with Crippen LogP contribution >= 0.6 is 11.8 Å². The molecular formula is C10H22N2OS. The van der Waals surface area contributed by atoms with Crippen molar-refractivity contribution in [1.82, 2.24) is 5.32 Å². The molecule has 0 heterocycles. The number of thioether (sulfide) groups is 1. The molecule has 3 nitrogen and oxygen atoms in total. The summed E-state index contributed by atoms with van der Waals surface area (Å²) in [6.07, 6.45) is 6.00. The van der Waals surface area contributed by atoms with Gasteiger partial charge in [-0.05, 0) is 24.9 Å². The number of hydrogen-bond acceptors (Lipinski definition) is 3. The van der Waals surface area contributed by atoms with Crippen molar-refractivity contribution in [2.75, 3.05) is 18.6 Å².